The number of aromatic carboxylic acids is 1. The molecule has 0 aliphatic rings. The highest BCUT2D eigenvalue weighted by Gasteiger charge is 2.18. The summed E-state index contributed by atoms with van der Waals surface area (Å²) in [5, 5.41) is 19.0. The first kappa shape index (κ1) is 19.4. The fraction of sp³-hybridized carbons (Fsp3) is 0.273. The molecule has 2 aromatic carbocycles. The molecule has 2 rings (SSSR count). The lowest BCUT2D eigenvalue weighted by atomic mass is 9.85. The number of allylic oxidation sites excluding steroid dienone is 1. The summed E-state index contributed by atoms with van der Waals surface area (Å²) >= 11 is 0. The van der Waals surface area contributed by atoms with Gasteiger partial charge in [-0.1, -0.05) is 39.0 Å². The molecule has 0 radical (unpaired) electrons. The van der Waals surface area contributed by atoms with Crippen LogP contribution in [0.2, 0.25) is 0 Å². The molecule has 0 saturated carbocycles. The zero-order chi connectivity index (χ0) is 19.5. The highest BCUT2D eigenvalue weighted by molar-refractivity contribution is 6.00. The number of phenols is 1. The van der Waals surface area contributed by atoms with E-state index in [1.54, 1.807) is 36.5 Å². The third-order valence-corrected chi connectivity index (χ3v) is 4.26. The Hall–Kier alpha value is -2.88. The Morgan fingerprint density at radius 2 is 1.50 bits per heavy atom. The van der Waals surface area contributed by atoms with Gasteiger partial charge < -0.3 is 10.2 Å². The van der Waals surface area contributed by atoms with Crippen LogP contribution in [0.5, 0.6) is 5.75 Å². The highest BCUT2D eigenvalue weighted by Crippen LogP contribution is 2.32. The van der Waals surface area contributed by atoms with Gasteiger partial charge in [0.15, 0.2) is 0 Å². The predicted molar refractivity (Wildman–Crippen MR) is 106 cm³/mol. The summed E-state index contributed by atoms with van der Waals surface area (Å²) in [5.74, 6) is -0.642. The minimum absolute atomic E-state index is 0.147. The first-order chi connectivity index (χ1) is 12.1. The summed E-state index contributed by atoms with van der Waals surface area (Å²) in [6.45, 7) is 10.1. The van der Waals surface area contributed by atoms with Crippen molar-refractivity contribution in [2.75, 3.05) is 0 Å². The predicted octanol–water partition coefficient (Wildman–Crippen LogP) is 5.26. The van der Waals surface area contributed by atoms with Gasteiger partial charge >= 0.3 is 5.97 Å². The monoisotopic (exact) mass is 351 g/mol. The van der Waals surface area contributed by atoms with Crippen LogP contribution in [0, 0.1) is 0 Å². The number of phenolic OH excluding ortho intramolecular Hbond substituents is 1. The molecule has 0 spiro atoms. The number of rotatable bonds is 4. The van der Waals surface area contributed by atoms with Crippen LogP contribution in [0.3, 0.4) is 0 Å². The van der Waals surface area contributed by atoms with Crippen molar-refractivity contribution >= 4 is 17.3 Å². The molecule has 0 amide bonds. The van der Waals surface area contributed by atoms with E-state index >= 15 is 0 Å². The number of carboxylic acid groups (broad SMARTS) is 1. The van der Waals surface area contributed by atoms with Gasteiger partial charge in [-0.05, 0) is 65.8 Å². The second kappa shape index (κ2) is 7.56. The van der Waals surface area contributed by atoms with Crippen LogP contribution in [0.4, 0.5) is 0 Å². The zero-order valence-corrected chi connectivity index (χ0v) is 15.9. The SMILES string of the molecule is C/C(=C\N=C(/C)c1ccc(C(=O)O)cc1)c1ccc(O)c(C(C)(C)C)c1. The van der Waals surface area contributed by atoms with Gasteiger partial charge in [0.05, 0.1) is 5.56 Å². The molecule has 0 aliphatic heterocycles. The van der Waals surface area contributed by atoms with E-state index in [2.05, 4.69) is 25.8 Å². The lowest BCUT2D eigenvalue weighted by molar-refractivity contribution is 0.0697. The molecule has 2 N–H and O–H groups in total. The summed E-state index contributed by atoms with van der Waals surface area (Å²) in [4.78, 5) is 15.4. The van der Waals surface area contributed by atoms with Gasteiger partial charge in [0, 0.05) is 11.9 Å². The Morgan fingerprint density at radius 1 is 0.962 bits per heavy atom. The van der Waals surface area contributed by atoms with Crippen molar-refractivity contribution in [2.24, 2.45) is 4.99 Å². The van der Waals surface area contributed by atoms with Crippen molar-refractivity contribution < 1.29 is 15.0 Å². The standard InChI is InChI=1S/C22H25NO3/c1-14(18-10-11-20(24)19(12-18)22(3,4)5)13-23-15(2)16-6-8-17(9-7-16)21(25)26/h6-13,24H,1-5H3,(H,25,26)/b14-13+,23-15+. The number of hydrogen-bond donors (Lipinski definition) is 2. The minimum atomic E-state index is -0.941. The zero-order valence-electron chi connectivity index (χ0n) is 15.9. The van der Waals surface area contributed by atoms with Crippen molar-refractivity contribution in [2.45, 2.75) is 40.0 Å². The van der Waals surface area contributed by atoms with Crippen molar-refractivity contribution in [3.8, 4) is 5.75 Å². The van der Waals surface area contributed by atoms with Gasteiger partial charge in [-0.25, -0.2) is 4.79 Å². The Kier molecular flexibility index (Phi) is 5.66. The van der Waals surface area contributed by atoms with E-state index < -0.39 is 5.97 Å². The van der Waals surface area contributed by atoms with E-state index in [0.29, 0.717) is 5.75 Å². The molecule has 4 nitrogen and oxygen atoms in total. The number of hydrogen-bond acceptors (Lipinski definition) is 3. The summed E-state index contributed by atoms with van der Waals surface area (Å²) in [5.41, 5.74) is 4.67. The van der Waals surface area contributed by atoms with Crippen LogP contribution in [0.15, 0.2) is 53.7 Å². The maximum absolute atomic E-state index is 10.9. The Bertz CT molecular complexity index is 869. The smallest absolute Gasteiger partial charge is 0.335 e. The Morgan fingerprint density at radius 3 is 2.04 bits per heavy atom. The lowest BCUT2D eigenvalue weighted by Crippen LogP contribution is -2.11. The van der Waals surface area contributed by atoms with Gasteiger partial charge in [-0.15, -0.1) is 0 Å². The number of aromatic hydroxyl groups is 1. The molecule has 0 heterocycles. The first-order valence-corrected chi connectivity index (χ1v) is 8.48. The van der Waals surface area contributed by atoms with E-state index in [0.717, 1.165) is 28.0 Å². The van der Waals surface area contributed by atoms with Crippen LogP contribution in [-0.2, 0) is 5.41 Å². The van der Waals surface area contributed by atoms with Gasteiger partial charge in [0.1, 0.15) is 5.75 Å². The van der Waals surface area contributed by atoms with Crippen LogP contribution < -0.4 is 0 Å². The van der Waals surface area contributed by atoms with Crippen molar-refractivity contribution in [1.29, 1.82) is 0 Å². The normalized spacial score (nSPS) is 13.0. The summed E-state index contributed by atoms with van der Waals surface area (Å²) in [7, 11) is 0. The molecule has 0 fully saturated rings. The van der Waals surface area contributed by atoms with Crippen LogP contribution >= 0.6 is 0 Å². The van der Waals surface area contributed by atoms with Gasteiger partial charge in [0.2, 0.25) is 0 Å². The lowest BCUT2D eigenvalue weighted by Gasteiger charge is -2.21. The van der Waals surface area contributed by atoms with E-state index in [4.69, 9.17) is 5.11 Å². The number of carboxylic acids is 1. The third-order valence-electron chi connectivity index (χ3n) is 4.26. The first-order valence-electron chi connectivity index (χ1n) is 8.48. The summed E-state index contributed by atoms with van der Waals surface area (Å²) in [6.07, 6.45) is 1.79. The maximum Gasteiger partial charge on any atom is 0.335 e. The molecule has 0 bridgehead atoms. The average Bonchev–Trinajstić information content (AvgIpc) is 2.58. The quantitative estimate of drug-likeness (QED) is 0.738. The molecule has 2 aromatic rings. The molecule has 4 heteroatoms. The van der Waals surface area contributed by atoms with Crippen molar-refractivity contribution in [3.63, 3.8) is 0 Å². The summed E-state index contributed by atoms with van der Waals surface area (Å²) in [6, 6.07) is 12.2. The van der Waals surface area contributed by atoms with E-state index in [9.17, 15) is 9.90 Å². The topological polar surface area (TPSA) is 69.9 Å². The molecular weight excluding hydrogens is 326 g/mol. The second-order valence-corrected chi connectivity index (χ2v) is 7.39. The maximum atomic E-state index is 10.9. The van der Waals surface area contributed by atoms with Crippen LogP contribution in [0.1, 0.15) is 61.7 Å². The number of nitrogens with zero attached hydrogens (tertiary/aromatic N) is 1. The average molecular weight is 351 g/mol. The Labute approximate surface area is 154 Å². The Balaban J connectivity index is 2.29. The fourth-order valence-corrected chi connectivity index (χ4v) is 2.58. The van der Waals surface area contributed by atoms with Crippen molar-refractivity contribution in [3.05, 3.63) is 70.9 Å². The van der Waals surface area contributed by atoms with Gasteiger partial charge in [-0.2, -0.15) is 0 Å². The second-order valence-electron chi connectivity index (χ2n) is 7.39. The van der Waals surface area contributed by atoms with E-state index in [1.807, 2.05) is 26.0 Å². The molecule has 0 aliphatic carbocycles. The molecular formula is C22H25NO3. The van der Waals surface area contributed by atoms with E-state index in [1.165, 1.54) is 0 Å². The van der Waals surface area contributed by atoms with Gasteiger partial charge in [0.25, 0.3) is 0 Å². The number of benzene rings is 2. The summed E-state index contributed by atoms with van der Waals surface area (Å²) < 4.78 is 0. The third kappa shape index (κ3) is 4.60. The molecule has 0 atom stereocenters. The van der Waals surface area contributed by atoms with Crippen LogP contribution in [-0.4, -0.2) is 21.9 Å². The van der Waals surface area contributed by atoms with E-state index in [-0.39, 0.29) is 11.0 Å². The van der Waals surface area contributed by atoms with Crippen molar-refractivity contribution in [1.82, 2.24) is 0 Å². The van der Waals surface area contributed by atoms with Gasteiger partial charge in [-0.3, -0.25) is 4.99 Å². The molecule has 0 unspecified atom stereocenters. The molecule has 136 valence electrons. The fourth-order valence-electron chi connectivity index (χ4n) is 2.58. The highest BCUT2D eigenvalue weighted by atomic mass is 16.4. The molecule has 0 saturated heterocycles. The largest absolute Gasteiger partial charge is 0.508 e. The van der Waals surface area contributed by atoms with Crippen LogP contribution in [0.25, 0.3) is 5.57 Å². The minimum Gasteiger partial charge on any atom is -0.508 e. The number of aliphatic imine (C=N–C) groups is 1. The number of carbonyl (C=O) groups is 1. The molecule has 0 aromatic heterocycles. The molecule has 26 heavy (non-hydrogen) atoms.